The molecule has 0 aliphatic carbocycles. The van der Waals surface area contributed by atoms with Gasteiger partial charge in [-0.25, -0.2) is 0 Å². The van der Waals surface area contributed by atoms with Crippen molar-refractivity contribution in [2.24, 2.45) is 5.73 Å². The highest BCUT2D eigenvalue weighted by atomic mass is 19.3. The van der Waals surface area contributed by atoms with Crippen molar-refractivity contribution in [2.75, 3.05) is 25.1 Å². The van der Waals surface area contributed by atoms with Gasteiger partial charge >= 0.3 is 6.29 Å². The first-order valence-electron chi connectivity index (χ1n) is 5.48. The molecule has 0 saturated heterocycles. The normalized spacial score (nSPS) is 15.3. The van der Waals surface area contributed by atoms with Gasteiger partial charge in [0.05, 0.1) is 6.61 Å². The highest BCUT2D eigenvalue weighted by Gasteiger charge is 2.43. The number of alkyl halides is 2. The summed E-state index contributed by atoms with van der Waals surface area (Å²) in [5, 5.41) is 2.47. The minimum absolute atomic E-state index is 0.0811. The number of hydrogen-bond acceptors (Lipinski definition) is 5. The molecule has 0 spiro atoms. The minimum Gasteiger partial charge on any atom is -0.395 e. The number of anilines is 1. The number of benzene rings is 1. The van der Waals surface area contributed by atoms with E-state index in [1.807, 2.05) is 0 Å². The Kier molecular flexibility index (Phi) is 3.82. The standard InChI is InChI=1S/C11H12F2N2O4/c12-11(13)18-8-2-1-7(5-9(8)19-11)15-10(16)6-17-4-3-14/h1-2,5H,3-4,6,14H2,(H,15,16). The fourth-order valence-electron chi connectivity index (χ4n) is 1.47. The maximum atomic E-state index is 12.8. The summed E-state index contributed by atoms with van der Waals surface area (Å²) in [6, 6.07) is 3.95. The number of carbonyl (C=O) groups excluding carboxylic acids is 1. The third-order valence-electron chi connectivity index (χ3n) is 2.18. The molecule has 1 amide bonds. The van der Waals surface area contributed by atoms with Crippen LogP contribution in [-0.4, -0.2) is 32.0 Å². The Morgan fingerprint density at radius 1 is 1.37 bits per heavy atom. The van der Waals surface area contributed by atoms with Crippen LogP contribution in [0, 0.1) is 0 Å². The van der Waals surface area contributed by atoms with Crippen LogP contribution in [0.2, 0.25) is 0 Å². The van der Waals surface area contributed by atoms with Gasteiger partial charge in [-0.3, -0.25) is 4.79 Å². The molecule has 0 fully saturated rings. The van der Waals surface area contributed by atoms with E-state index in [0.29, 0.717) is 12.2 Å². The second-order valence-corrected chi connectivity index (χ2v) is 3.72. The number of amides is 1. The van der Waals surface area contributed by atoms with Crippen molar-refractivity contribution < 1.29 is 27.8 Å². The van der Waals surface area contributed by atoms with Crippen LogP contribution in [0.3, 0.4) is 0 Å². The SMILES string of the molecule is NCCOCC(=O)Nc1ccc2c(c1)OC(F)(F)O2. The van der Waals surface area contributed by atoms with Gasteiger partial charge in [0.15, 0.2) is 11.5 Å². The molecule has 1 aliphatic heterocycles. The van der Waals surface area contributed by atoms with Crippen LogP contribution in [0.1, 0.15) is 0 Å². The van der Waals surface area contributed by atoms with Crippen LogP contribution in [-0.2, 0) is 9.53 Å². The third kappa shape index (κ3) is 3.52. The molecule has 0 aromatic heterocycles. The van der Waals surface area contributed by atoms with Crippen LogP contribution in [0.4, 0.5) is 14.5 Å². The molecule has 1 aromatic carbocycles. The van der Waals surface area contributed by atoms with Crippen molar-refractivity contribution in [2.45, 2.75) is 6.29 Å². The van der Waals surface area contributed by atoms with Gasteiger partial charge in [-0.15, -0.1) is 8.78 Å². The number of carbonyl (C=O) groups is 1. The summed E-state index contributed by atoms with van der Waals surface area (Å²) in [5.74, 6) is -0.632. The Morgan fingerprint density at radius 3 is 2.84 bits per heavy atom. The van der Waals surface area contributed by atoms with Crippen LogP contribution < -0.4 is 20.5 Å². The number of rotatable bonds is 5. The number of fused-ring (bicyclic) bond motifs is 1. The van der Waals surface area contributed by atoms with E-state index in [4.69, 9.17) is 10.5 Å². The maximum absolute atomic E-state index is 12.8. The van der Waals surface area contributed by atoms with Gasteiger partial charge in [0.2, 0.25) is 5.91 Å². The summed E-state index contributed by atoms with van der Waals surface area (Å²) < 4.78 is 39.0. The molecule has 3 N–H and O–H groups in total. The smallest absolute Gasteiger partial charge is 0.395 e. The Morgan fingerprint density at radius 2 is 2.11 bits per heavy atom. The number of ether oxygens (including phenoxy) is 3. The maximum Gasteiger partial charge on any atom is 0.586 e. The summed E-state index contributed by atoms with van der Waals surface area (Å²) in [5.41, 5.74) is 5.50. The van der Waals surface area contributed by atoms with E-state index in [0.717, 1.165) is 0 Å². The molecule has 6 nitrogen and oxygen atoms in total. The molecule has 8 heteroatoms. The van der Waals surface area contributed by atoms with Gasteiger partial charge in [-0.2, -0.15) is 0 Å². The lowest BCUT2D eigenvalue weighted by Gasteiger charge is -2.06. The number of halogens is 2. The van der Waals surface area contributed by atoms with E-state index in [-0.39, 0.29) is 24.7 Å². The lowest BCUT2D eigenvalue weighted by atomic mass is 10.3. The molecule has 2 rings (SSSR count). The van der Waals surface area contributed by atoms with Crippen molar-refractivity contribution in [1.29, 1.82) is 0 Å². The lowest BCUT2D eigenvalue weighted by molar-refractivity contribution is -0.286. The summed E-state index contributed by atoms with van der Waals surface area (Å²) in [6.45, 7) is 0.412. The van der Waals surface area contributed by atoms with Crippen LogP contribution in [0.25, 0.3) is 0 Å². The second-order valence-electron chi connectivity index (χ2n) is 3.72. The molecule has 1 aliphatic rings. The molecule has 0 bridgehead atoms. The van der Waals surface area contributed by atoms with E-state index < -0.39 is 12.2 Å². The zero-order chi connectivity index (χ0) is 13.9. The Balaban J connectivity index is 1.95. The molecule has 1 aromatic rings. The summed E-state index contributed by atoms with van der Waals surface area (Å²) >= 11 is 0. The van der Waals surface area contributed by atoms with Gasteiger partial charge in [0, 0.05) is 18.3 Å². The van der Waals surface area contributed by atoms with Crippen LogP contribution in [0.15, 0.2) is 18.2 Å². The van der Waals surface area contributed by atoms with E-state index >= 15 is 0 Å². The highest BCUT2D eigenvalue weighted by molar-refractivity contribution is 5.92. The average Bonchev–Trinajstić information content (AvgIpc) is 2.62. The Labute approximate surface area is 107 Å². The molecule has 0 radical (unpaired) electrons. The quantitative estimate of drug-likeness (QED) is 0.780. The zero-order valence-corrected chi connectivity index (χ0v) is 9.82. The van der Waals surface area contributed by atoms with E-state index in [9.17, 15) is 13.6 Å². The molecule has 0 atom stereocenters. The van der Waals surface area contributed by atoms with Crippen molar-refractivity contribution in [3.05, 3.63) is 18.2 Å². The molecular weight excluding hydrogens is 262 g/mol. The van der Waals surface area contributed by atoms with E-state index in [2.05, 4.69) is 14.8 Å². The Hall–Kier alpha value is -1.93. The molecule has 0 unspecified atom stereocenters. The molecule has 104 valence electrons. The van der Waals surface area contributed by atoms with Crippen LogP contribution >= 0.6 is 0 Å². The van der Waals surface area contributed by atoms with Crippen molar-refractivity contribution in [3.8, 4) is 11.5 Å². The predicted molar refractivity (Wildman–Crippen MR) is 61.1 cm³/mol. The van der Waals surface area contributed by atoms with Crippen molar-refractivity contribution >= 4 is 11.6 Å². The van der Waals surface area contributed by atoms with Gasteiger partial charge < -0.3 is 25.3 Å². The van der Waals surface area contributed by atoms with E-state index in [1.165, 1.54) is 18.2 Å². The van der Waals surface area contributed by atoms with Gasteiger partial charge in [-0.1, -0.05) is 0 Å². The van der Waals surface area contributed by atoms with Gasteiger partial charge in [-0.05, 0) is 12.1 Å². The number of hydrogen-bond donors (Lipinski definition) is 2. The summed E-state index contributed by atoms with van der Waals surface area (Å²) in [7, 11) is 0. The molecular formula is C11H12F2N2O4. The molecule has 1 heterocycles. The molecule has 0 saturated carbocycles. The topological polar surface area (TPSA) is 82.8 Å². The second kappa shape index (κ2) is 5.37. The highest BCUT2D eigenvalue weighted by Crippen LogP contribution is 2.42. The summed E-state index contributed by atoms with van der Waals surface area (Å²) in [4.78, 5) is 11.4. The first kappa shape index (κ1) is 13.5. The fourth-order valence-corrected chi connectivity index (χ4v) is 1.47. The van der Waals surface area contributed by atoms with Gasteiger partial charge in [0.1, 0.15) is 6.61 Å². The predicted octanol–water partition coefficient (Wildman–Crippen LogP) is 0.922. The van der Waals surface area contributed by atoms with Gasteiger partial charge in [0.25, 0.3) is 0 Å². The van der Waals surface area contributed by atoms with Crippen molar-refractivity contribution in [3.63, 3.8) is 0 Å². The minimum atomic E-state index is -3.67. The number of nitrogens with two attached hydrogens (primary N) is 1. The lowest BCUT2D eigenvalue weighted by Crippen LogP contribution is -2.25. The monoisotopic (exact) mass is 274 g/mol. The van der Waals surface area contributed by atoms with Crippen molar-refractivity contribution in [1.82, 2.24) is 0 Å². The number of nitrogens with one attached hydrogen (secondary N) is 1. The average molecular weight is 274 g/mol. The third-order valence-corrected chi connectivity index (χ3v) is 2.18. The fraction of sp³-hybridized carbons (Fsp3) is 0.364. The molecule has 19 heavy (non-hydrogen) atoms. The largest absolute Gasteiger partial charge is 0.586 e. The summed E-state index contributed by atoms with van der Waals surface area (Å²) in [6.07, 6.45) is -3.67. The first-order valence-corrected chi connectivity index (χ1v) is 5.48. The van der Waals surface area contributed by atoms with Crippen LogP contribution in [0.5, 0.6) is 11.5 Å². The van der Waals surface area contributed by atoms with E-state index in [1.54, 1.807) is 0 Å². The Bertz CT molecular complexity index is 482. The zero-order valence-electron chi connectivity index (χ0n) is 9.82. The first-order chi connectivity index (χ1) is 9.00.